The number of ether oxygens (including phenoxy) is 3. The van der Waals surface area contributed by atoms with Crippen LogP contribution in [0, 0.1) is 20.2 Å². The normalized spacial score (nSPS) is 25.3. The molecule has 1 saturated heterocycles. The van der Waals surface area contributed by atoms with Crippen LogP contribution in [0.15, 0.2) is 18.2 Å². The Morgan fingerprint density at radius 2 is 1.63 bits per heavy atom. The molecule has 9 heteroatoms. The van der Waals surface area contributed by atoms with E-state index in [9.17, 15) is 20.2 Å². The van der Waals surface area contributed by atoms with Crippen LogP contribution in [0.4, 0.5) is 11.4 Å². The zero-order chi connectivity index (χ0) is 20.3. The van der Waals surface area contributed by atoms with Gasteiger partial charge in [-0.3, -0.25) is 20.2 Å². The van der Waals surface area contributed by atoms with E-state index in [0.29, 0.717) is 0 Å². The molecule has 1 heterocycles. The van der Waals surface area contributed by atoms with Crippen LogP contribution in [0.25, 0.3) is 0 Å². The van der Waals surface area contributed by atoms with Crippen LogP contribution < -0.4 is 0 Å². The fourth-order valence-electron chi connectivity index (χ4n) is 3.44. The first-order valence-electron chi connectivity index (χ1n) is 8.97. The average Bonchev–Trinajstić information content (AvgIpc) is 2.86. The summed E-state index contributed by atoms with van der Waals surface area (Å²) in [6.45, 7) is 9.45. The van der Waals surface area contributed by atoms with Crippen LogP contribution in [-0.4, -0.2) is 47.0 Å². The molecule has 0 N–H and O–H groups in total. The highest BCUT2D eigenvalue weighted by molar-refractivity contribution is 5.57. The van der Waals surface area contributed by atoms with Gasteiger partial charge in [0.25, 0.3) is 11.4 Å². The minimum Gasteiger partial charge on any atom is -0.376 e. The first-order valence-corrected chi connectivity index (χ1v) is 8.97. The maximum Gasteiger partial charge on any atom is 0.279 e. The second kappa shape index (κ2) is 8.73. The van der Waals surface area contributed by atoms with E-state index in [1.807, 2.05) is 27.7 Å². The topological polar surface area (TPSA) is 114 Å². The summed E-state index contributed by atoms with van der Waals surface area (Å²) in [6, 6.07) is 3.87. The molecule has 0 aliphatic carbocycles. The predicted molar refractivity (Wildman–Crippen MR) is 97.9 cm³/mol. The molecule has 1 unspecified atom stereocenters. The fourth-order valence-corrected chi connectivity index (χ4v) is 3.44. The van der Waals surface area contributed by atoms with Crippen LogP contribution in [-0.2, 0) is 14.2 Å². The standard InChI is InChI=1S/C18H26N2O7/c1-10(2)25-9-15-18(26-11(3)4)16(12(5)27-15)17-13(19(21)22)7-6-8-14(17)20(23)24/h6-8,10-12,15-16,18H,9H2,1-5H3/t12-,15+,16+,18?/m0/s1. The van der Waals surface area contributed by atoms with Crippen molar-refractivity contribution in [3.63, 3.8) is 0 Å². The van der Waals surface area contributed by atoms with Crippen molar-refractivity contribution < 1.29 is 24.1 Å². The first kappa shape index (κ1) is 21.2. The van der Waals surface area contributed by atoms with Gasteiger partial charge in [0, 0.05) is 12.1 Å². The second-order valence-corrected chi connectivity index (χ2v) is 7.16. The summed E-state index contributed by atoms with van der Waals surface area (Å²) >= 11 is 0. The molecular weight excluding hydrogens is 356 g/mol. The lowest BCUT2D eigenvalue weighted by Gasteiger charge is -2.26. The van der Waals surface area contributed by atoms with Crippen molar-refractivity contribution >= 4 is 11.4 Å². The summed E-state index contributed by atoms with van der Waals surface area (Å²) < 4.78 is 17.6. The molecule has 0 amide bonds. The van der Waals surface area contributed by atoms with Gasteiger partial charge in [-0.2, -0.15) is 0 Å². The van der Waals surface area contributed by atoms with Gasteiger partial charge in [0.2, 0.25) is 0 Å². The van der Waals surface area contributed by atoms with E-state index in [0.717, 1.165) is 0 Å². The van der Waals surface area contributed by atoms with Crippen molar-refractivity contribution in [1.29, 1.82) is 0 Å². The third-order valence-corrected chi connectivity index (χ3v) is 4.43. The summed E-state index contributed by atoms with van der Waals surface area (Å²) in [5.41, 5.74) is -0.558. The number of nitro groups is 2. The Morgan fingerprint density at radius 3 is 2.07 bits per heavy atom. The highest BCUT2D eigenvalue weighted by Crippen LogP contribution is 2.45. The van der Waals surface area contributed by atoms with Gasteiger partial charge in [-0.1, -0.05) is 0 Å². The van der Waals surface area contributed by atoms with Crippen LogP contribution in [0.2, 0.25) is 0 Å². The number of benzene rings is 1. The summed E-state index contributed by atoms with van der Waals surface area (Å²) in [6.07, 6.45) is -1.79. The van der Waals surface area contributed by atoms with Crippen molar-refractivity contribution in [3.05, 3.63) is 44.0 Å². The Labute approximate surface area is 157 Å². The smallest absolute Gasteiger partial charge is 0.279 e. The van der Waals surface area contributed by atoms with Crippen molar-refractivity contribution in [3.8, 4) is 0 Å². The Balaban J connectivity index is 2.53. The predicted octanol–water partition coefficient (Wildman–Crippen LogP) is 3.59. The Hall–Kier alpha value is -2.10. The molecule has 1 aliphatic heterocycles. The zero-order valence-corrected chi connectivity index (χ0v) is 16.2. The second-order valence-electron chi connectivity index (χ2n) is 7.16. The van der Waals surface area contributed by atoms with Gasteiger partial charge < -0.3 is 14.2 Å². The van der Waals surface area contributed by atoms with Gasteiger partial charge in [-0.05, 0) is 40.7 Å². The summed E-state index contributed by atoms with van der Waals surface area (Å²) in [7, 11) is 0. The van der Waals surface area contributed by atoms with Crippen LogP contribution in [0.5, 0.6) is 0 Å². The highest BCUT2D eigenvalue weighted by Gasteiger charge is 2.49. The maximum atomic E-state index is 11.6. The Morgan fingerprint density at radius 1 is 1.07 bits per heavy atom. The lowest BCUT2D eigenvalue weighted by atomic mass is 9.86. The lowest BCUT2D eigenvalue weighted by molar-refractivity contribution is -0.396. The molecule has 0 spiro atoms. The van der Waals surface area contributed by atoms with Gasteiger partial charge >= 0.3 is 0 Å². The summed E-state index contributed by atoms with van der Waals surface area (Å²) in [4.78, 5) is 21.9. The third-order valence-electron chi connectivity index (χ3n) is 4.43. The zero-order valence-electron chi connectivity index (χ0n) is 16.2. The lowest BCUT2D eigenvalue weighted by Crippen LogP contribution is -2.35. The molecule has 1 aliphatic rings. The van der Waals surface area contributed by atoms with Crippen molar-refractivity contribution in [2.45, 2.75) is 71.1 Å². The van der Waals surface area contributed by atoms with E-state index >= 15 is 0 Å². The van der Waals surface area contributed by atoms with Crippen molar-refractivity contribution in [2.75, 3.05) is 6.61 Å². The van der Waals surface area contributed by atoms with E-state index in [4.69, 9.17) is 14.2 Å². The molecule has 1 fully saturated rings. The quantitative estimate of drug-likeness (QED) is 0.498. The third kappa shape index (κ3) is 4.79. The molecule has 27 heavy (non-hydrogen) atoms. The molecule has 9 nitrogen and oxygen atoms in total. The first-order chi connectivity index (χ1) is 12.6. The highest BCUT2D eigenvalue weighted by atomic mass is 16.6. The van der Waals surface area contributed by atoms with E-state index in [-0.39, 0.29) is 35.8 Å². The molecule has 0 saturated carbocycles. The average molecular weight is 382 g/mol. The van der Waals surface area contributed by atoms with Gasteiger partial charge in [0.15, 0.2) is 0 Å². The van der Waals surface area contributed by atoms with Crippen LogP contribution in [0.3, 0.4) is 0 Å². The van der Waals surface area contributed by atoms with Gasteiger partial charge in [-0.15, -0.1) is 0 Å². The van der Waals surface area contributed by atoms with Gasteiger partial charge in [0.1, 0.15) is 11.7 Å². The summed E-state index contributed by atoms with van der Waals surface area (Å²) in [5.74, 6) is -0.657. The molecule has 150 valence electrons. The Kier molecular flexibility index (Phi) is 6.85. The minimum absolute atomic E-state index is 0.0250. The fraction of sp³-hybridized carbons (Fsp3) is 0.667. The number of hydrogen-bond acceptors (Lipinski definition) is 7. The maximum absolute atomic E-state index is 11.6. The molecule has 4 atom stereocenters. The number of hydrogen-bond donors (Lipinski definition) is 0. The minimum atomic E-state index is -0.657. The van der Waals surface area contributed by atoms with Crippen molar-refractivity contribution in [2.24, 2.45) is 0 Å². The van der Waals surface area contributed by atoms with E-state index in [2.05, 4.69) is 0 Å². The number of nitro benzene ring substituents is 2. The monoisotopic (exact) mass is 382 g/mol. The van der Waals surface area contributed by atoms with E-state index in [1.165, 1.54) is 18.2 Å². The van der Waals surface area contributed by atoms with E-state index < -0.39 is 34.1 Å². The van der Waals surface area contributed by atoms with Gasteiger partial charge in [0.05, 0.1) is 46.8 Å². The molecule has 0 radical (unpaired) electrons. The van der Waals surface area contributed by atoms with Crippen LogP contribution >= 0.6 is 0 Å². The van der Waals surface area contributed by atoms with Crippen LogP contribution in [0.1, 0.15) is 46.1 Å². The molecule has 2 rings (SSSR count). The summed E-state index contributed by atoms with van der Waals surface area (Å²) in [5, 5.41) is 23.1. The Bertz CT molecular complexity index is 660. The molecule has 1 aromatic carbocycles. The SMILES string of the molecule is CC(C)OC[C@H]1O[C@@H](C)[C@H](c2c([N+](=O)[O-])cccc2[N+](=O)[O-])C1OC(C)C. The number of rotatable bonds is 8. The molecule has 0 aromatic heterocycles. The number of nitrogens with zero attached hydrogens (tertiary/aromatic N) is 2. The van der Waals surface area contributed by atoms with Gasteiger partial charge in [-0.25, -0.2) is 0 Å². The molecular formula is C18H26N2O7. The van der Waals surface area contributed by atoms with E-state index in [1.54, 1.807) is 6.92 Å². The molecule has 1 aromatic rings. The molecule has 0 bridgehead atoms. The largest absolute Gasteiger partial charge is 0.376 e. The van der Waals surface area contributed by atoms with Crippen molar-refractivity contribution in [1.82, 2.24) is 0 Å².